The maximum absolute atomic E-state index is 12.7. The minimum Gasteiger partial charge on any atom is -0.426 e. The molecule has 1 aliphatic heterocycles. The van der Waals surface area contributed by atoms with Crippen LogP contribution in [0.2, 0.25) is 0 Å². The average Bonchev–Trinajstić information content (AvgIpc) is 3.15. The first-order chi connectivity index (χ1) is 14.8. The molecule has 1 heterocycles. The number of rotatable bonds is 11. The van der Waals surface area contributed by atoms with E-state index in [-0.39, 0.29) is 11.4 Å². The van der Waals surface area contributed by atoms with Gasteiger partial charge in [0.05, 0.1) is 17.6 Å². The van der Waals surface area contributed by atoms with Crippen LogP contribution in [0.3, 0.4) is 0 Å². The standard InChI is InChI=1S/C23H27NO6S/c1-18-8-10-21(11-9-18)31(26,27)24-16-20(29-17-19-6-4-3-5-7-19)12-14-23(28-2)15-13-22(25)30-23/h3-11,13,15,20,24H,12,14,16-17H2,1-2H3. The van der Waals surface area contributed by atoms with Crippen molar-refractivity contribution in [2.45, 2.75) is 43.2 Å². The van der Waals surface area contributed by atoms with Gasteiger partial charge in [0.25, 0.3) is 0 Å². The highest BCUT2D eigenvalue weighted by Crippen LogP contribution is 2.27. The van der Waals surface area contributed by atoms with E-state index in [0.29, 0.717) is 19.4 Å². The number of cyclic esters (lactones) is 1. The third kappa shape index (κ3) is 6.48. The molecule has 0 saturated carbocycles. The van der Waals surface area contributed by atoms with Gasteiger partial charge in [0.15, 0.2) is 0 Å². The summed E-state index contributed by atoms with van der Waals surface area (Å²) in [6, 6.07) is 16.3. The van der Waals surface area contributed by atoms with E-state index in [1.165, 1.54) is 13.2 Å². The number of methoxy groups -OCH3 is 1. The molecule has 2 aromatic carbocycles. The maximum Gasteiger partial charge on any atom is 0.333 e. The van der Waals surface area contributed by atoms with Gasteiger partial charge >= 0.3 is 5.97 Å². The second-order valence-electron chi connectivity index (χ2n) is 7.39. The number of aryl methyl sites for hydroxylation is 1. The molecule has 0 spiro atoms. The van der Waals surface area contributed by atoms with Crippen molar-refractivity contribution in [1.82, 2.24) is 4.72 Å². The van der Waals surface area contributed by atoms with Crippen molar-refractivity contribution in [2.24, 2.45) is 0 Å². The molecule has 0 fully saturated rings. The molecule has 7 nitrogen and oxygen atoms in total. The van der Waals surface area contributed by atoms with Gasteiger partial charge in [-0.3, -0.25) is 0 Å². The van der Waals surface area contributed by atoms with Gasteiger partial charge < -0.3 is 14.2 Å². The summed E-state index contributed by atoms with van der Waals surface area (Å²) in [7, 11) is -2.22. The lowest BCUT2D eigenvalue weighted by molar-refractivity contribution is -0.192. The summed E-state index contributed by atoms with van der Waals surface area (Å²) >= 11 is 0. The Hall–Kier alpha value is -2.52. The molecule has 0 amide bonds. The largest absolute Gasteiger partial charge is 0.426 e. The highest BCUT2D eigenvalue weighted by atomic mass is 32.2. The number of benzene rings is 2. The fraction of sp³-hybridized carbons (Fsp3) is 0.348. The quantitative estimate of drug-likeness (QED) is 0.535. The molecule has 0 radical (unpaired) electrons. The Morgan fingerprint density at radius 3 is 2.42 bits per heavy atom. The lowest BCUT2D eigenvalue weighted by atomic mass is 10.1. The van der Waals surface area contributed by atoms with Gasteiger partial charge in [0.1, 0.15) is 0 Å². The van der Waals surface area contributed by atoms with Crippen LogP contribution < -0.4 is 4.72 Å². The molecule has 31 heavy (non-hydrogen) atoms. The van der Waals surface area contributed by atoms with E-state index in [1.54, 1.807) is 30.3 Å². The summed E-state index contributed by atoms with van der Waals surface area (Å²) in [6.07, 6.45) is 3.18. The average molecular weight is 446 g/mol. The van der Waals surface area contributed by atoms with Gasteiger partial charge in [-0.2, -0.15) is 0 Å². The third-order valence-electron chi connectivity index (χ3n) is 5.07. The zero-order valence-electron chi connectivity index (χ0n) is 17.6. The van der Waals surface area contributed by atoms with E-state index < -0.39 is 27.9 Å². The Balaban J connectivity index is 1.66. The molecule has 0 aromatic heterocycles. The molecule has 166 valence electrons. The smallest absolute Gasteiger partial charge is 0.333 e. The number of carbonyl (C=O) groups is 1. The van der Waals surface area contributed by atoms with Crippen LogP contribution in [0, 0.1) is 6.92 Å². The van der Waals surface area contributed by atoms with Crippen LogP contribution in [0.1, 0.15) is 24.0 Å². The predicted molar refractivity (Wildman–Crippen MR) is 116 cm³/mol. The van der Waals surface area contributed by atoms with Crippen molar-refractivity contribution in [3.63, 3.8) is 0 Å². The molecule has 8 heteroatoms. The Bertz CT molecular complexity index is 1000. The van der Waals surface area contributed by atoms with Crippen LogP contribution in [0.5, 0.6) is 0 Å². The molecule has 3 rings (SSSR count). The number of hydrogen-bond acceptors (Lipinski definition) is 6. The lowest BCUT2D eigenvalue weighted by Crippen LogP contribution is -2.37. The summed E-state index contributed by atoms with van der Waals surface area (Å²) in [6.45, 7) is 2.29. The molecule has 2 atom stereocenters. The van der Waals surface area contributed by atoms with E-state index in [4.69, 9.17) is 14.2 Å². The number of carbonyl (C=O) groups excluding carboxylic acids is 1. The van der Waals surface area contributed by atoms with Gasteiger partial charge in [-0.25, -0.2) is 17.9 Å². The van der Waals surface area contributed by atoms with Crippen molar-refractivity contribution in [3.8, 4) is 0 Å². The summed E-state index contributed by atoms with van der Waals surface area (Å²) in [5.74, 6) is -1.62. The van der Waals surface area contributed by atoms with E-state index >= 15 is 0 Å². The Morgan fingerprint density at radius 2 is 1.81 bits per heavy atom. The second kappa shape index (κ2) is 10.2. The van der Waals surface area contributed by atoms with Gasteiger partial charge in [0.2, 0.25) is 15.8 Å². The van der Waals surface area contributed by atoms with Crippen LogP contribution in [-0.2, 0) is 35.6 Å². The number of nitrogens with one attached hydrogen (secondary N) is 1. The van der Waals surface area contributed by atoms with Crippen LogP contribution in [0.25, 0.3) is 0 Å². The van der Waals surface area contributed by atoms with Crippen LogP contribution >= 0.6 is 0 Å². The normalized spacial score (nSPS) is 19.4. The fourth-order valence-corrected chi connectivity index (χ4v) is 4.24. The predicted octanol–water partition coefficient (Wildman–Crippen LogP) is 3.09. The number of sulfonamides is 1. The van der Waals surface area contributed by atoms with E-state index in [0.717, 1.165) is 11.1 Å². The van der Waals surface area contributed by atoms with Gasteiger partial charge in [-0.05, 0) is 37.1 Å². The number of esters is 1. The highest BCUT2D eigenvalue weighted by Gasteiger charge is 2.36. The molecule has 1 N–H and O–H groups in total. The molecule has 1 aliphatic rings. The van der Waals surface area contributed by atoms with Crippen LogP contribution in [0.4, 0.5) is 0 Å². The molecule has 0 bridgehead atoms. The first-order valence-electron chi connectivity index (χ1n) is 10.0. The Morgan fingerprint density at radius 1 is 1.10 bits per heavy atom. The molecule has 0 saturated heterocycles. The molecule has 0 aliphatic carbocycles. The zero-order chi connectivity index (χ0) is 22.3. The molecular weight excluding hydrogens is 418 g/mol. The van der Waals surface area contributed by atoms with E-state index in [2.05, 4.69) is 4.72 Å². The Kier molecular flexibility index (Phi) is 7.61. The van der Waals surface area contributed by atoms with Gasteiger partial charge in [0, 0.05) is 26.2 Å². The Labute approximate surface area is 183 Å². The van der Waals surface area contributed by atoms with E-state index in [1.807, 2.05) is 37.3 Å². The highest BCUT2D eigenvalue weighted by molar-refractivity contribution is 7.89. The van der Waals surface area contributed by atoms with Crippen molar-refractivity contribution in [3.05, 3.63) is 77.9 Å². The van der Waals surface area contributed by atoms with Crippen LogP contribution in [-0.4, -0.2) is 39.9 Å². The zero-order valence-corrected chi connectivity index (χ0v) is 18.4. The SMILES string of the molecule is COC1(CCC(CNS(=O)(=O)c2ccc(C)cc2)OCc2ccccc2)C=CC(=O)O1. The summed E-state index contributed by atoms with van der Waals surface area (Å²) in [5.41, 5.74) is 1.95. The fourth-order valence-electron chi connectivity index (χ4n) is 3.18. The first-order valence-corrected chi connectivity index (χ1v) is 11.5. The second-order valence-corrected chi connectivity index (χ2v) is 9.16. The summed E-state index contributed by atoms with van der Waals surface area (Å²) in [4.78, 5) is 11.7. The third-order valence-corrected chi connectivity index (χ3v) is 6.51. The summed E-state index contributed by atoms with van der Waals surface area (Å²) in [5, 5.41) is 0. The monoisotopic (exact) mass is 445 g/mol. The lowest BCUT2D eigenvalue weighted by Gasteiger charge is -2.27. The van der Waals surface area contributed by atoms with Crippen molar-refractivity contribution in [1.29, 1.82) is 0 Å². The molecule has 2 unspecified atom stereocenters. The molecular formula is C23H27NO6S. The van der Waals surface area contributed by atoms with E-state index in [9.17, 15) is 13.2 Å². The minimum absolute atomic E-state index is 0.0699. The van der Waals surface area contributed by atoms with Gasteiger partial charge in [-0.15, -0.1) is 0 Å². The van der Waals surface area contributed by atoms with Crippen molar-refractivity contribution in [2.75, 3.05) is 13.7 Å². The summed E-state index contributed by atoms with van der Waals surface area (Å²) < 4.78 is 44.6. The minimum atomic E-state index is -3.68. The topological polar surface area (TPSA) is 90.9 Å². The number of ether oxygens (including phenoxy) is 3. The van der Waals surface area contributed by atoms with Gasteiger partial charge in [-0.1, -0.05) is 48.0 Å². The van der Waals surface area contributed by atoms with Crippen LogP contribution in [0.15, 0.2) is 71.6 Å². The number of hydrogen-bond donors (Lipinski definition) is 1. The van der Waals surface area contributed by atoms with Crippen molar-refractivity contribution < 1.29 is 27.4 Å². The maximum atomic E-state index is 12.7. The van der Waals surface area contributed by atoms with Crippen molar-refractivity contribution >= 4 is 16.0 Å². The first kappa shape index (κ1) is 23.1. The molecule has 2 aromatic rings.